The van der Waals surface area contributed by atoms with Crippen molar-refractivity contribution in [3.8, 4) is 5.75 Å². The van der Waals surface area contributed by atoms with Crippen LogP contribution in [0.5, 0.6) is 5.75 Å². The molecule has 0 saturated carbocycles. The molecule has 0 fully saturated rings. The zero-order valence-corrected chi connectivity index (χ0v) is 10.4. The molecule has 2 rings (SSSR count). The largest absolute Gasteiger partial charge is 0.489 e. The Hall–Kier alpha value is -0.930. The van der Waals surface area contributed by atoms with E-state index in [0.717, 1.165) is 0 Å². The lowest BCUT2D eigenvalue weighted by Crippen LogP contribution is -2.33. The van der Waals surface area contributed by atoms with E-state index >= 15 is 0 Å². The van der Waals surface area contributed by atoms with Crippen LogP contribution in [0.15, 0.2) is 12.1 Å². The highest BCUT2D eigenvalue weighted by atomic mass is 35.5. The molecule has 1 N–H and O–H groups in total. The molecule has 86 valence electrons. The Labute approximate surface area is 104 Å². The van der Waals surface area contributed by atoms with Crippen LogP contribution in [0.1, 0.15) is 13.8 Å². The van der Waals surface area contributed by atoms with Crippen molar-refractivity contribution in [2.24, 2.45) is 5.41 Å². The molecule has 0 aromatic heterocycles. The van der Waals surface area contributed by atoms with Crippen molar-refractivity contribution < 1.29 is 9.53 Å². The molecule has 0 bridgehead atoms. The number of fused-ring (bicyclic) bond motifs is 1. The van der Waals surface area contributed by atoms with Crippen LogP contribution in [0.4, 0.5) is 5.69 Å². The predicted molar refractivity (Wildman–Crippen MR) is 64.4 cm³/mol. The van der Waals surface area contributed by atoms with Gasteiger partial charge >= 0.3 is 0 Å². The Morgan fingerprint density at radius 1 is 1.38 bits per heavy atom. The van der Waals surface area contributed by atoms with E-state index in [-0.39, 0.29) is 12.5 Å². The van der Waals surface area contributed by atoms with Gasteiger partial charge in [-0.2, -0.15) is 0 Å². The number of hydrogen-bond donors (Lipinski definition) is 1. The van der Waals surface area contributed by atoms with E-state index < -0.39 is 5.41 Å². The average molecular weight is 260 g/mol. The molecule has 0 radical (unpaired) electrons. The molecule has 1 aliphatic rings. The van der Waals surface area contributed by atoms with E-state index in [9.17, 15) is 4.79 Å². The van der Waals surface area contributed by atoms with Crippen molar-refractivity contribution in [2.75, 3.05) is 11.9 Å². The minimum atomic E-state index is -0.588. The highest BCUT2D eigenvalue weighted by molar-refractivity contribution is 6.36. The fourth-order valence-corrected chi connectivity index (χ4v) is 1.96. The number of carbonyl (C=O) groups is 1. The maximum atomic E-state index is 11.8. The first-order chi connectivity index (χ1) is 7.40. The lowest BCUT2D eigenvalue weighted by molar-refractivity contribution is -0.124. The summed E-state index contributed by atoms with van der Waals surface area (Å²) < 4.78 is 5.55. The molecule has 0 spiro atoms. The van der Waals surface area contributed by atoms with E-state index in [1.54, 1.807) is 12.1 Å². The van der Waals surface area contributed by atoms with Crippen molar-refractivity contribution in [3.63, 3.8) is 0 Å². The lowest BCUT2D eigenvalue weighted by Gasteiger charge is -2.18. The summed E-state index contributed by atoms with van der Waals surface area (Å²) in [4.78, 5) is 11.8. The molecule has 0 atom stereocenters. The minimum Gasteiger partial charge on any atom is -0.489 e. The highest BCUT2D eigenvalue weighted by Gasteiger charge is 2.33. The summed E-state index contributed by atoms with van der Waals surface area (Å²) >= 11 is 11.9. The van der Waals surface area contributed by atoms with Crippen molar-refractivity contribution >= 4 is 34.8 Å². The summed E-state index contributed by atoms with van der Waals surface area (Å²) in [6.07, 6.45) is 0. The van der Waals surface area contributed by atoms with Crippen LogP contribution >= 0.6 is 23.2 Å². The molecule has 1 aromatic rings. The molecular weight excluding hydrogens is 249 g/mol. The third kappa shape index (κ3) is 1.97. The topological polar surface area (TPSA) is 38.3 Å². The van der Waals surface area contributed by atoms with Crippen molar-refractivity contribution in [2.45, 2.75) is 13.8 Å². The van der Waals surface area contributed by atoms with Crippen LogP contribution in [0.3, 0.4) is 0 Å². The number of ether oxygens (including phenoxy) is 1. The van der Waals surface area contributed by atoms with Gasteiger partial charge in [0.05, 0.1) is 16.1 Å². The average Bonchev–Trinajstić information content (AvgIpc) is 2.25. The Morgan fingerprint density at radius 2 is 2.06 bits per heavy atom. The zero-order valence-electron chi connectivity index (χ0n) is 8.93. The number of benzene rings is 1. The Bertz CT molecular complexity index is 458. The van der Waals surface area contributed by atoms with Crippen LogP contribution in [-0.2, 0) is 4.79 Å². The molecule has 5 heteroatoms. The lowest BCUT2D eigenvalue weighted by atomic mass is 9.94. The van der Waals surface area contributed by atoms with E-state index in [2.05, 4.69) is 5.32 Å². The van der Waals surface area contributed by atoms with Gasteiger partial charge in [0.2, 0.25) is 5.91 Å². The fraction of sp³-hybridized carbons (Fsp3) is 0.364. The summed E-state index contributed by atoms with van der Waals surface area (Å²) in [6.45, 7) is 3.90. The van der Waals surface area contributed by atoms with E-state index in [4.69, 9.17) is 27.9 Å². The van der Waals surface area contributed by atoms with Gasteiger partial charge in [-0.3, -0.25) is 4.79 Å². The summed E-state index contributed by atoms with van der Waals surface area (Å²) in [6, 6.07) is 3.22. The molecule has 0 saturated heterocycles. The quantitative estimate of drug-likeness (QED) is 0.776. The van der Waals surface area contributed by atoms with Gasteiger partial charge < -0.3 is 10.1 Å². The first-order valence-corrected chi connectivity index (χ1v) is 5.59. The third-order valence-electron chi connectivity index (χ3n) is 2.45. The smallest absolute Gasteiger partial charge is 0.233 e. The second-order valence-corrected chi connectivity index (χ2v) is 5.23. The molecule has 1 amide bonds. The summed E-state index contributed by atoms with van der Waals surface area (Å²) in [5, 5.41) is 3.63. The van der Waals surface area contributed by atoms with Crippen LogP contribution in [0.2, 0.25) is 10.0 Å². The van der Waals surface area contributed by atoms with E-state index in [0.29, 0.717) is 21.5 Å². The zero-order chi connectivity index (χ0) is 11.9. The van der Waals surface area contributed by atoms with Gasteiger partial charge in [-0.1, -0.05) is 23.2 Å². The number of hydrogen-bond acceptors (Lipinski definition) is 2. The third-order valence-corrected chi connectivity index (χ3v) is 2.95. The minimum absolute atomic E-state index is 0.107. The van der Waals surface area contributed by atoms with Crippen molar-refractivity contribution in [3.05, 3.63) is 22.2 Å². The molecule has 3 nitrogen and oxygen atoms in total. The van der Waals surface area contributed by atoms with E-state index in [1.807, 2.05) is 13.8 Å². The number of halogens is 2. The summed E-state index contributed by atoms with van der Waals surface area (Å²) in [5.74, 6) is 0.370. The molecule has 1 heterocycles. The Kier molecular flexibility index (Phi) is 2.76. The van der Waals surface area contributed by atoms with Crippen LogP contribution < -0.4 is 10.1 Å². The van der Waals surface area contributed by atoms with Crippen molar-refractivity contribution in [1.82, 2.24) is 0 Å². The first kappa shape index (κ1) is 11.6. The number of carbonyl (C=O) groups excluding carboxylic acids is 1. The molecule has 0 unspecified atom stereocenters. The summed E-state index contributed by atoms with van der Waals surface area (Å²) in [7, 11) is 0. The van der Waals surface area contributed by atoms with Gasteiger partial charge in [0, 0.05) is 5.02 Å². The number of rotatable bonds is 0. The Balaban J connectivity index is 2.49. The second-order valence-electron chi connectivity index (χ2n) is 4.39. The van der Waals surface area contributed by atoms with Gasteiger partial charge in [0.1, 0.15) is 6.61 Å². The van der Waals surface area contributed by atoms with Crippen molar-refractivity contribution in [1.29, 1.82) is 0 Å². The second kappa shape index (κ2) is 3.82. The van der Waals surface area contributed by atoms with Crippen LogP contribution in [0.25, 0.3) is 0 Å². The summed E-state index contributed by atoms with van der Waals surface area (Å²) in [5.41, 5.74) is -0.0671. The molecule has 1 aliphatic heterocycles. The fourth-order valence-electron chi connectivity index (χ4n) is 1.41. The van der Waals surface area contributed by atoms with Crippen LogP contribution in [0, 0.1) is 5.41 Å². The first-order valence-electron chi connectivity index (χ1n) is 4.83. The van der Waals surface area contributed by atoms with Crippen LogP contribution in [-0.4, -0.2) is 12.5 Å². The monoisotopic (exact) mass is 259 g/mol. The molecular formula is C11H11Cl2NO2. The number of amides is 1. The van der Waals surface area contributed by atoms with Gasteiger partial charge in [-0.05, 0) is 26.0 Å². The number of nitrogens with one attached hydrogen (secondary N) is 1. The Morgan fingerprint density at radius 3 is 2.75 bits per heavy atom. The molecule has 0 aliphatic carbocycles. The highest BCUT2D eigenvalue weighted by Crippen LogP contribution is 2.39. The van der Waals surface area contributed by atoms with Gasteiger partial charge in [0.15, 0.2) is 5.75 Å². The normalized spacial score (nSPS) is 18.1. The van der Waals surface area contributed by atoms with E-state index in [1.165, 1.54) is 0 Å². The molecule has 1 aromatic carbocycles. The SMILES string of the molecule is CC1(C)COc2c(Cl)cc(Cl)cc2NC1=O. The molecule has 16 heavy (non-hydrogen) atoms. The van der Waals surface area contributed by atoms with Gasteiger partial charge in [-0.25, -0.2) is 0 Å². The standard InChI is InChI=1S/C11H11Cl2NO2/c1-11(2)5-16-9-7(13)3-6(12)4-8(9)14-10(11)15/h3-4H,5H2,1-2H3,(H,14,15). The maximum absolute atomic E-state index is 11.8. The predicted octanol–water partition coefficient (Wildman–Crippen LogP) is 3.35. The maximum Gasteiger partial charge on any atom is 0.233 e. The van der Waals surface area contributed by atoms with Gasteiger partial charge in [0.25, 0.3) is 0 Å². The number of anilines is 1. The van der Waals surface area contributed by atoms with Gasteiger partial charge in [-0.15, -0.1) is 0 Å².